The van der Waals surface area contributed by atoms with E-state index in [1.54, 1.807) is 0 Å². The molecule has 0 spiro atoms. The number of carbonyl (C=O) groups is 1. The van der Waals surface area contributed by atoms with Crippen molar-refractivity contribution in [3.8, 4) is 0 Å². The normalized spacial score (nSPS) is 22.2. The van der Waals surface area contributed by atoms with Crippen LogP contribution in [0.2, 0.25) is 0 Å². The van der Waals surface area contributed by atoms with Crippen molar-refractivity contribution in [2.75, 3.05) is 6.54 Å². The van der Waals surface area contributed by atoms with E-state index < -0.39 is 0 Å². The molecule has 2 heteroatoms. The molecule has 1 aliphatic heterocycles. The molecule has 0 bridgehead atoms. The first kappa shape index (κ1) is 11.7. The summed E-state index contributed by atoms with van der Waals surface area (Å²) in [5.74, 6) is 0.458. The summed E-state index contributed by atoms with van der Waals surface area (Å²) in [6.45, 7) is 3.28. The van der Waals surface area contributed by atoms with Gasteiger partial charge in [0.15, 0.2) is 0 Å². The fraction of sp³-hybridized carbons (Fsp3) is 0.917. The third kappa shape index (κ3) is 4.75. The highest BCUT2D eigenvalue weighted by molar-refractivity contribution is 5.78. The van der Waals surface area contributed by atoms with Crippen LogP contribution in [0.3, 0.4) is 0 Å². The summed E-state index contributed by atoms with van der Waals surface area (Å²) in [6.07, 6.45) is 8.75. The second-order valence-corrected chi connectivity index (χ2v) is 4.33. The molecule has 1 N–H and O–H groups in total. The van der Waals surface area contributed by atoms with E-state index in [2.05, 4.69) is 12.2 Å². The molecule has 0 aromatic heterocycles. The maximum atomic E-state index is 11.4. The number of rotatable bonds is 6. The third-order valence-corrected chi connectivity index (χ3v) is 2.99. The molecule has 0 aliphatic carbocycles. The molecule has 1 atom stereocenters. The fourth-order valence-electron chi connectivity index (χ4n) is 2.00. The molecule has 2 nitrogen and oxygen atoms in total. The lowest BCUT2D eigenvalue weighted by atomic mass is 9.98. The monoisotopic (exact) mass is 197 g/mol. The van der Waals surface area contributed by atoms with Crippen LogP contribution in [-0.2, 0) is 4.79 Å². The molecule has 0 radical (unpaired) electrons. The van der Waals surface area contributed by atoms with Gasteiger partial charge in [0.1, 0.15) is 5.78 Å². The number of hydrogen-bond donors (Lipinski definition) is 1. The van der Waals surface area contributed by atoms with E-state index in [0.29, 0.717) is 11.8 Å². The summed E-state index contributed by atoms with van der Waals surface area (Å²) >= 11 is 0. The average molecular weight is 197 g/mol. The van der Waals surface area contributed by atoms with Gasteiger partial charge in [-0.2, -0.15) is 0 Å². The zero-order valence-electron chi connectivity index (χ0n) is 9.35. The zero-order valence-corrected chi connectivity index (χ0v) is 9.35. The smallest absolute Gasteiger partial charge is 0.132 e. The number of carbonyl (C=O) groups excluding carboxylic acids is 1. The van der Waals surface area contributed by atoms with Crippen molar-refractivity contribution in [2.24, 2.45) is 0 Å². The second-order valence-electron chi connectivity index (χ2n) is 4.33. The van der Waals surface area contributed by atoms with Gasteiger partial charge in [0.05, 0.1) is 0 Å². The molecular weight excluding hydrogens is 174 g/mol. The summed E-state index contributed by atoms with van der Waals surface area (Å²) in [7, 11) is 0. The second kappa shape index (κ2) is 6.99. The molecule has 0 saturated carbocycles. The van der Waals surface area contributed by atoms with E-state index in [1.165, 1.54) is 19.3 Å². The standard InChI is InChI=1S/C12H23NO/c1-2-3-7-12(14)9-8-11-6-4-5-10-13-11/h11,13H,2-10H2,1H3. The van der Waals surface area contributed by atoms with E-state index in [0.717, 1.165) is 38.6 Å². The minimum atomic E-state index is 0.458. The average Bonchev–Trinajstić information content (AvgIpc) is 2.25. The Bertz CT molecular complexity index is 162. The Morgan fingerprint density at radius 3 is 2.86 bits per heavy atom. The molecule has 0 aromatic carbocycles. The van der Waals surface area contributed by atoms with Crippen molar-refractivity contribution in [3.05, 3.63) is 0 Å². The topological polar surface area (TPSA) is 29.1 Å². The summed E-state index contributed by atoms with van der Waals surface area (Å²) in [4.78, 5) is 11.4. The lowest BCUT2D eigenvalue weighted by Crippen LogP contribution is -2.34. The summed E-state index contributed by atoms with van der Waals surface area (Å²) in [5, 5.41) is 3.48. The van der Waals surface area contributed by atoms with Crippen molar-refractivity contribution in [3.63, 3.8) is 0 Å². The Balaban J connectivity index is 2.03. The first-order valence-corrected chi connectivity index (χ1v) is 6.08. The molecule has 1 heterocycles. The Morgan fingerprint density at radius 1 is 1.36 bits per heavy atom. The molecule has 1 rings (SSSR count). The highest BCUT2D eigenvalue weighted by atomic mass is 16.1. The SMILES string of the molecule is CCCCC(=O)CCC1CCCCN1. The Kier molecular flexibility index (Phi) is 5.85. The van der Waals surface area contributed by atoms with Crippen LogP contribution in [0.1, 0.15) is 58.3 Å². The minimum absolute atomic E-state index is 0.458. The van der Waals surface area contributed by atoms with Crippen LogP contribution < -0.4 is 5.32 Å². The number of piperidine rings is 1. The van der Waals surface area contributed by atoms with Gasteiger partial charge in [-0.25, -0.2) is 0 Å². The largest absolute Gasteiger partial charge is 0.314 e. The van der Waals surface area contributed by atoms with Gasteiger partial charge in [-0.3, -0.25) is 4.79 Å². The molecule has 1 aliphatic rings. The van der Waals surface area contributed by atoms with Gasteiger partial charge in [-0.1, -0.05) is 19.8 Å². The third-order valence-electron chi connectivity index (χ3n) is 2.99. The highest BCUT2D eigenvalue weighted by Gasteiger charge is 2.13. The summed E-state index contributed by atoms with van der Waals surface area (Å²) in [5.41, 5.74) is 0. The molecular formula is C12H23NO. The first-order chi connectivity index (χ1) is 6.83. The van der Waals surface area contributed by atoms with Crippen LogP contribution >= 0.6 is 0 Å². The van der Waals surface area contributed by atoms with Crippen LogP contribution in [0.15, 0.2) is 0 Å². The van der Waals surface area contributed by atoms with E-state index in [9.17, 15) is 4.79 Å². The predicted molar refractivity (Wildman–Crippen MR) is 59.4 cm³/mol. The van der Waals surface area contributed by atoms with Crippen molar-refractivity contribution >= 4 is 5.78 Å². The van der Waals surface area contributed by atoms with E-state index in [-0.39, 0.29) is 0 Å². The van der Waals surface area contributed by atoms with Gasteiger partial charge in [0.25, 0.3) is 0 Å². The van der Waals surface area contributed by atoms with Gasteiger partial charge in [0, 0.05) is 18.9 Å². The zero-order chi connectivity index (χ0) is 10.2. The Labute approximate surface area is 87.5 Å². The van der Waals surface area contributed by atoms with Crippen molar-refractivity contribution in [1.82, 2.24) is 5.32 Å². The van der Waals surface area contributed by atoms with Crippen LogP contribution in [0.25, 0.3) is 0 Å². The van der Waals surface area contributed by atoms with E-state index in [4.69, 9.17) is 0 Å². The fourth-order valence-corrected chi connectivity index (χ4v) is 2.00. The van der Waals surface area contributed by atoms with Crippen LogP contribution in [-0.4, -0.2) is 18.4 Å². The molecule has 14 heavy (non-hydrogen) atoms. The van der Waals surface area contributed by atoms with Crippen molar-refractivity contribution in [2.45, 2.75) is 64.3 Å². The Morgan fingerprint density at radius 2 is 2.21 bits per heavy atom. The molecule has 0 amide bonds. The van der Waals surface area contributed by atoms with Gasteiger partial charge in [0.2, 0.25) is 0 Å². The molecule has 1 saturated heterocycles. The highest BCUT2D eigenvalue weighted by Crippen LogP contribution is 2.12. The van der Waals surface area contributed by atoms with Gasteiger partial charge in [-0.15, -0.1) is 0 Å². The van der Waals surface area contributed by atoms with Gasteiger partial charge < -0.3 is 5.32 Å². The van der Waals surface area contributed by atoms with Gasteiger partial charge in [-0.05, 0) is 32.2 Å². The van der Waals surface area contributed by atoms with Crippen molar-refractivity contribution in [1.29, 1.82) is 0 Å². The van der Waals surface area contributed by atoms with E-state index in [1.807, 2.05) is 0 Å². The molecule has 1 fully saturated rings. The van der Waals surface area contributed by atoms with Crippen LogP contribution in [0, 0.1) is 0 Å². The maximum Gasteiger partial charge on any atom is 0.132 e. The van der Waals surface area contributed by atoms with Crippen molar-refractivity contribution < 1.29 is 4.79 Å². The Hall–Kier alpha value is -0.370. The minimum Gasteiger partial charge on any atom is -0.314 e. The first-order valence-electron chi connectivity index (χ1n) is 6.08. The predicted octanol–water partition coefficient (Wildman–Crippen LogP) is 2.67. The number of nitrogens with one attached hydrogen (secondary N) is 1. The maximum absolute atomic E-state index is 11.4. The van der Waals surface area contributed by atoms with Crippen LogP contribution in [0.5, 0.6) is 0 Å². The summed E-state index contributed by atoms with van der Waals surface area (Å²) in [6, 6.07) is 0.620. The molecule has 0 aromatic rings. The van der Waals surface area contributed by atoms with Gasteiger partial charge >= 0.3 is 0 Å². The van der Waals surface area contributed by atoms with Crippen LogP contribution in [0.4, 0.5) is 0 Å². The summed E-state index contributed by atoms with van der Waals surface area (Å²) < 4.78 is 0. The molecule has 1 unspecified atom stereocenters. The number of hydrogen-bond acceptors (Lipinski definition) is 2. The lowest BCUT2D eigenvalue weighted by Gasteiger charge is -2.22. The quantitative estimate of drug-likeness (QED) is 0.709. The molecule has 82 valence electrons. The number of unbranched alkanes of at least 4 members (excludes halogenated alkanes) is 1. The van der Waals surface area contributed by atoms with E-state index >= 15 is 0 Å². The number of ketones is 1. The lowest BCUT2D eigenvalue weighted by molar-refractivity contribution is -0.119. The number of Topliss-reactive ketones (excluding diaryl/α,β-unsaturated/α-hetero) is 1.